The van der Waals surface area contributed by atoms with E-state index >= 15 is 0 Å². The summed E-state index contributed by atoms with van der Waals surface area (Å²) in [6.45, 7) is 16.3. The van der Waals surface area contributed by atoms with Crippen molar-refractivity contribution < 1.29 is 18.0 Å². The molecule has 0 bridgehead atoms. The minimum atomic E-state index is -4.47. The highest BCUT2D eigenvalue weighted by atomic mass is 19.4. The molecule has 0 aliphatic carbocycles. The van der Waals surface area contributed by atoms with Crippen molar-refractivity contribution >= 4 is 23.3 Å². The summed E-state index contributed by atoms with van der Waals surface area (Å²) < 4.78 is 38.8. The number of pyridine rings is 1. The number of anilines is 3. The number of nitrogens with one attached hydrogen (secondary N) is 1. The topological polar surface area (TPSA) is 55.0 Å². The van der Waals surface area contributed by atoms with Crippen molar-refractivity contribution in [2.24, 2.45) is 0 Å². The fourth-order valence-electron chi connectivity index (χ4n) is 5.35. The van der Waals surface area contributed by atoms with Gasteiger partial charge in [0.15, 0.2) is 6.29 Å². The SMILES string of the molecule is CC(C)N1CCN(c2c(C=O)ccc(CNc3ccc(C(F)(F)F)nc3)c2N2CCN(C(C)C)CC2)CC1. The molecule has 1 aromatic heterocycles. The van der Waals surface area contributed by atoms with Crippen molar-refractivity contribution in [3.63, 3.8) is 0 Å². The van der Waals surface area contributed by atoms with Gasteiger partial charge >= 0.3 is 6.18 Å². The Kier molecular flexibility index (Phi) is 8.82. The van der Waals surface area contributed by atoms with E-state index in [9.17, 15) is 18.0 Å². The van der Waals surface area contributed by atoms with E-state index in [1.54, 1.807) is 0 Å². The third-order valence-corrected chi connectivity index (χ3v) is 7.65. The Labute approximate surface area is 223 Å². The van der Waals surface area contributed by atoms with Crippen LogP contribution in [0.25, 0.3) is 0 Å². The van der Waals surface area contributed by atoms with Crippen LogP contribution in [0.3, 0.4) is 0 Å². The van der Waals surface area contributed by atoms with Gasteiger partial charge in [-0.2, -0.15) is 13.2 Å². The number of aromatic nitrogens is 1. The first-order chi connectivity index (χ1) is 18.1. The number of alkyl halides is 3. The summed E-state index contributed by atoms with van der Waals surface area (Å²) in [6, 6.07) is 7.17. The molecule has 38 heavy (non-hydrogen) atoms. The average molecular weight is 533 g/mol. The molecule has 0 atom stereocenters. The monoisotopic (exact) mass is 532 g/mol. The second kappa shape index (κ2) is 11.9. The molecule has 3 heterocycles. The Morgan fingerprint density at radius 3 is 1.84 bits per heavy atom. The lowest BCUT2D eigenvalue weighted by atomic mass is 10.0. The van der Waals surface area contributed by atoms with Gasteiger partial charge in [-0.25, -0.2) is 4.98 Å². The van der Waals surface area contributed by atoms with Gasteiger partial charge in [0, 0.05) is 76.5 Å². The number of piperazine rings is 2. The van der Waals surface area contributed by atoms with Crippen molar-refractivity contribution in [3.8, 4) is 0 Å². The van der Waals surface area contributed by atoms with Crippen LogP contribution in [0.1, 0.15) is 49.3 Å². The highest BCUT2D eigenvalue weighted by Gasteiger charge is 2.32. The molecule has 208 valence electrons. The quantitative estimate of drug-likeness (QED) is 0.500. The first kappa shape index (κ1) is 28.2. The largest absolute Gasteiger partial charge is 0.433 e. The van der Waals surface area contributed by atoms with Crippen LogP contribution in [-0.4, -0.2) is 85.5 Å². The molecule has 7 nitrogen and oxygen atoms in total. The van der Waals surface area contributed by atoms with E-state index in [1.165, 1.54) is 12.3 Å². The van der Waals surface area contributed by atoms with Gasteiger partial charge < -0.3 is 15.1 Å². The molecule has 0 saturated carbocycles. The van der Waals surface area contributed by atoms with Crippen LogP contribution in [0, 0.1) is 0 Å². The van der Waals surface area contributed by atoms with Gasteiger partial charge in [0.25, 0.3) is 0 Å². The van der Waals surface area contributed by atoms with E-state index in [4.69, 9.17) is 0 Å². The highest BCUT2D eigenvalue weighted by Crippen LogP contribution is 2.38. The van der Waals surface area contributed by atoms with Crippen molar-refractivity contribution in [2.75, 3.05) is 67.5 Å². The lowest BCUT2D eigenvalue weighted by molar-refractivity contribution is -0.141. The first-order valence-electron chi connectivity index (χ1n) is 13.4. The number of hydrogen-bond acceptors (Lipinski definition) is 7. The third kappa shape index (κ3) is 6.40. The van der Waals surface area contributed by atoms with Crippen LogP contribution in [0.5, 0.6) is 0 Å². The predicted octanol–water partition coefficient (Wildman–Crippen LogP) is 4.59. The van der Waals surface area contributed by atoms with Gasteiger partial charge in [-0.15, -0.1) is 0 Å². The Morgan fingerprint density at radius 1 is 0.842 bits per heavy atom. The minimum Gasteiger partial charge on any atom is -0.380 e. The number of aldehydes is 1. The van der Waals surface area contributed by atoms with Crippen LogP contribution in [0.15, 0.2) is 30.5 Å². The first-order valence-corrected chi connectivity index (χ1v) is 13.4. The van der Waals surface area contributed by atoms with E-state index in [1.807, 2.05) is 12.1 Å². The van der Waals surface area contributed by atoms with Crippen molar-refractivity contribution in [2.45, 2.75) is 52.5 Å². The van der Waals surface area contributed by atoms with E-state index < -0.39 is 11.9 Å². The number of nitrogens with zero attached hydrogens (tertiary/aromatic N) is 5. The van der Waals surface area contributed by atoms with Gasteiger partial charge in [0.2, 0.25) is 0 Å². The maximum Gasteiger partial charge on any atom is 0.433 e. The standard InChI is InChI=1S/C28H39F3N6O/c1-20(2)34-9-13-36(14-10-34)26-22(17-32-24-7-8-25(33-18-24)28(29,30)31)5-6-23(19-38)27(26)37-15-11-35(12-16-37)21(3)4/h5-8,18-21,32H,9-17H2,1-4H3. The summed E-state index contributed by atoms with van der Waals surface area (Å²) in [7, 11) is 0. The molecule has 0 radical (unpaired) electrons. The molecule has 1 N–H and O–H groups in total. The van der Waals surface area contributed by atoms with Gasteiger partial charge in [0.05, 0.1) is 23.3 Å². The molecule has 2 saturated heterocycles. The summed E-state index contributed by atoms with van der Waals surface area (Å²) in [5.74, 6) is 0. The molecule has 0 spiro atoms. The number of carbonyl (C=O) groups excluding carboxylic acids is 1. The van der Waals surface area contributed by atoms with Gasteiger partial charge in [-0.1, -0.05) is 6.07 Å². The lowest BCUT2D eigenvalue weighted by Crippen LogP contribution is -2.51. The molecule has 2 aliphatic rings. The second-order valence-electron chi connectivity index (χ2n) is 10.6. The van der Waals surface area contributed by atoms with Gasteiger partial charge in [-0.3, -0.25) is 14.6 Å². The molecule has 2 aliphatic heterocycles. The van der Waals surface area contributed by atoms with Gasteiger partial charge in [0.1, 0.15) is 5.69 Å². The number of carbonyl (C=O) groups is 1. The summed E-state index contributed by atoms with van der Waals surface area (Å²) in [4.78, 5) is 25.4. The van der Waals surface area contributed by atoms with Crippen LogP contribution < -0.4 is 15.1 Å². The maximum absolute atomic E-state index is 12.9. The zero-order valence-electron chi connectivity index (χ0n) is 22.8. The molecule has 4 rings (SSSR count). The summed E-state index contributed by atoms with van der Waals surface area (Å²) >= 11 is 0. The average Bonchev–Trinajstić information content (AvgIpc) is 2.91. The Morgan fingerprint density at radius 2 is 1.39 bits per heavy atom. The van der Waals surface area contributed by atoms with Crippen LogP contribution in [-0.2, 0) is 12.7 Å². The van der Waals surface area contributed by atoms with Crippen molar-refractivity contribution in [1.82, 2.24) is 14.8 Å². The molecule has 1 aromatic carbocycles. The van der Waals surface area contributed by atoms with Crippen molar-refractivity contribution in [1.29, 1.82) is 0 Å². The van der Waals surface area contributed by atoms with E-state index in [0.29, 0.717) is 29.9 Å². The summed E-state index contributed by atoms with van der Waals surface area (Å²) in [5, 5.41) is 3.25. The molecular formula is C28H39F3N6O. The molecule has 0 amide bonds. The molecule has 10 heteroatoms. The highest BCUT2D eigenvalue weighted by molar-refractivity contribution is 5.93. The Balaban J connectivity index is 1.64. The number of benzene rings is 1. The van der Waals surface area contributed by atoms with Crippen LogP contribution >= 0.6 is 0 Å². The van der Waals surface area contributed by atoms with E-state index in [-0.39, 0.29) is 0 Å². The zero-order chi connectivity index (χ0) is 27.4. The predicted molar refractivity (Wildman–Crippen MR) is 146 cm³/mol. The fourth-order valence-corrected chi connectivity index (χ4v) is 5.35. The minimum absolute atomic E-state index is 0.408. The van der Waals surface area contributed by atoms with Crippen molar-refractivity contribution in [3.05, 3.63) is 47.3 Å². The normalized spacial score (nSPS) is 17.9. The molecule has 0 unspecified atom stereocenters. The van der Waals surface area contributed by atoms with Gasteiger partial charge in [-0.05, 0) is 51.5 Å². The van der Waals surface area contributed by atoms with E-state index in [2.05, 4.69) is 57.6 Å². The summed E-state index contributed by atoms with van der Waals surface area (Å²) in [6.07, 6.45) is -2.31. The lowest BCUT2D eigenvalue weighted by Gasteiger charge is -2.43. The summed E-state index contributed by atoms with van der Waals surface area (Å²) in [5.41, 5.74) is 3.29. The van der Waals surface area contributed by atoms with Crippen LogP contribution in [0.4, 0.5) is 30.2 Å². The molecular weight excluding hydrogens is 493 g/mol. The smallest absolute Gasteiger partial charge is 0.380 e. The fraction of sp³-hybridized carbons (Fsp3) is 0.571. The maximum atomic E-state index is 12.9. The van der Waals surface area contributed by atoms with Crippen LogP contribution in [0.2, 0.25) is 0 Å². The Hall–Kier alpha value is -2.85. The number of halogens is 3. The Bertz CT molecular complexity index is 1070. The molecule has 2 fully saturated rings. The van der Waals surface area contributed by atoms with E-state index in [0.717, 1.165) is 81.6 Å². The third-order valence-electron chi connectivity index (χ3n) is 7.65. The number of rotatable bonds is 8. The second-order valence-corrected chi connectivity index (χ2v) is 10.6. The number of hydrogen-bond donors (Lipinski definition) is 1. The zero-order valence-corrected chi connectivity index (χ0v) is 22.8. The molecule has 2 aromatic rings.